The van der Waals surface area contributed by atoms with Crippen LogP contribution in [0.15, 0.2) is 71.6 Å². The number of carbonyl (C=O) groups excluding carboxylic acids is 1. The number of benzene rings is 3. The Morgan fingerprint density at radius 1 is 1.06 bits per heavy atom. The van der Waals surface area contributed by atoms with Gasteiger partial charge in [-0.25, -0.2) is 8.42 Å². The van der Waals surface area contributed by atoms with E-state index < -0.39 is 10.0 Å². The van der Waals surface area contributed by atoms with Gasteiger partial charge in [0.1, 0.15) is 0 Å². The van der Waals surface area contributed by atoms with E-state index in [-0.39, 0.29) is 29.9 Å². The van der Waals surface area contributed by atoms with Crippen molar-refractivity contribution in [2.45, 2.75) is 43.7 Å². The maximum Gasteiger partial charge on any atom is 0.243 e. The summed E-state index contributed by atoms with van der Waals surface area (Å²) in [5, 5.41) is 3.85. The van der Waals surface area contributed by atoms with Gasteiger partial charge in [0.05, 0.1) is 17.5 Å². The normalized spacial score (nSPS) is 15.7. The quantitative estimate of drug-likeness (QED) is 0.438. The van der Waals surface area contributed by atoms with Gasteiger partial charge in [-0.2, -0.15) is 4.31 Å². The number of nitrogens with zero attached hydrogens (tertiary/aromatic N) is 1. The molecule has 0 radical (unpaired) electrons. The molecule has 5 nitrogen and oxygen atoms in total. The highest BCUT2D eigenvalue weighted by atomic mass is 35.5. The van der Waals surface area contributed by atoms with Crippen LogP contribution in [0.3, 0.4) is 0 Å². The molecule has 34 heavy (non-hydrogen) atoms. The lowest BCUT2D eigenvalue weighted by molar-refractivity contribution is -0.122. The van der Waals surface area contributed by atoms with E-state index in [4.69, 9.17) is 23.2 Å². The molecule has 8 heteroatoms. The second kappa shape index (κ2) is 10.5. The summed E-state index contributed by atoms with van der Waals surface area (Å²) in [4.78, 5) is 13.2. The molecule has 0 bridgehead atoms. The largest absolute Gasteiger partial charge is 0.348 e. The Morgan fingerprint density at radius 2 is 1.79 bits per heavy atom. The van der Waals surface area contributed by atoms with E-state index in [0.717, 1.165) is 34.7 Å². The van der Waals surface area contributed by atoms with Crippen LogP contribution in [0.25, 0.3) is 0 Å². The van der Waals surface area contributed by atoms with Gasteiger partial charge in [0.15, 0.2) is 0 Å². The van der Waals surface area contributed by atoms with Crippen LogP contribution in [-0.4, -0.2) is 25.2 Å². The summed E-state index contributed by atoms with van der Waals surface area (Å²) in [5.41, 5.74) is 3.82. The fourth-order valence-electron chi connectivity index (χ4n) is 4.23. The number of amides is 1. The molecule has 1 N–H and O–H groups in total. The number of hydrogen-bond acceptors (Lipinski definition) is 3. The third-order valence-corrected chi connectivity index (χ3v) is 8.44. The topological polar surface area (TPSA) is 66.5 Å². The first-order valence-corrected chi connectivity index (χ1v) is 13.3. The Bertz CT molecular complexity index is 1290. The van der Waals surface area contributed by atoms with Crippen molar-refractivity contribution in [1.82, 2.24) is 9.62 Å². The van der Waals surface area contributed by atoms with Crippen molar-refractivity contribution in [1.29, 1.82) is 0 Å². The number of nitrogens with one attached hydrogen (secondary N) is 1. The summed E-state index contributed by atoms with van der Waals surface area (Å²) in [6.07, 6.45) is 2.76. The van der Waals surface area contributed by atoms with Crippen LogP contribution in [0.4, 0.5) is 0 Å². The SMILES string of the molecule is Cc1ccc(S(=O)(=O)N(CC(=O)NC2CCCc3ccccc32)Cc2ccc(Cl)cc2Cl)cc1. The van der Waals surface area contributed by atoms with Gasteiger partial charge in [-0.05, 0) is 67.1 Å². The van der Waals surface area contributed by atoms with Crippen LogP contribution in [0.5, 0.6) is 0 Å². The number of hydrogen-bond donors (Lipinski definition) is 1. The first-order valence-electron chi connectivity index (χ1n) is 11.1. The van der Waals surface area contributed by atoms with E-state index in [0.29, 0.717) is 15.6 Å². The zero-order valence-corrected chi connectivity index (χ0v) is 21.1. The number of fused-ring (bicyclic) bond motifs is 1. The molecule has 3 aromatic rings. The van der Waals surface area contributed by atoms with Gasteiger partial charge >= 0.3 is 0 Å². The second-order valence-electron chi connectivity index (χ2n) is 8.53. The highest BCUT2D eigenvalue weighted by Gasteiger charge is 2.29. The minimum atomic E-state index is -3.96. The van der Waals surface area contributed by atoms with Gasteiger partial charge < -0.3 is 5.32 Å². The second-order valence-corrected chi connectivity index (χ2v) is 11.3. The van der Waals surface area contributed by atoms with Crippen molar-refractivity contribution in [2.75, 3.05) is 6.54 Å². The van der Waals surface area contributed by atoms with Crippen molar-refractivity contribution in [3.05, 3.63) is 99.0 Å². The maximum atomic E-state index is 13.5. The van der Waals surface area contributed by atoms with Gasteiger partial charge in [0, 0.05) is 16.6 Å². The van der Waals surface area contributed by atoms with Crippen molar-refractivity contribution < 1.29 is 13.2 Å². The fourth-order valence-corrected chi connectivity index (χ4v) is 6.07. The number of rotatable bonds is 7. The standard InChI is InChI=1S/C26H26Cl2N2O3S/c1-18-9-13-22(14-10-18)34(32,33)30(16-20-11-12-21(27)15-24(20)28)17-26(31)29-25-8-4-6-19-5-2-3-7-23(19)25/h2-3,5,7,9-15,25H,4,6,8,16-17H2,1H3,(H,29,31). The van der Waals surface area contributed by atoms with Crippen LogP contribution < -0.4 is 5.32 Å². The third-order valence-electron chi connectivity index (χ3n) is 6.05. The number of aryl methyl sites for hydroxylation is 2. The Balaban J connectivity index is 1.60. The van der Waals surface area contributed by atoms with E-state index in [1.54, 1.807) is 42.5 Å². The van der Waals surface area contributed by atoms with Gasteiger partial charge in [-0.1, -0.05) is 71.2 Å². The van der Waals surface area contributed by atoms with E-state index in [1.807, 2.05) is 25.1 Å². The molecule has 1 aliphatic rings. The molecule has 0 saturated heterocycles. The van der Waals surface area contributed by atoms with Crippen LogP contribution in [0.2, 0.25) is 10.0 Å². The van der Waals surface area contributed by atoms with Gasteiger partial charge in [-0.3, -0.25) is 4.79 Å². The lowest BCUT2D eigenvalue weighted by Crippen LogP contribution is -2.42. The molecule has 0 fully saturated rings. The highest BCUT2D eigenvalue weighted by molar-refractivity contribution is 7.89. The molecule has 0 aliphatic heterocycles. The van der Waals surface area contributed by atoms with Crippen molar-refractivity contribution >= 4 is 39.1 Å². The zero-order valence-electron chi connectivity index (χ0n) is 18.8. The Labute approximate surface area is 210 Å². The number of sulfonamides is 1. The zero-order chi connectivity index (χ0) is 24.3. The summed E-state index contributed by atoms with van der Waals surface area (Å²) in [6.45, 7) is 1.51. The first-order chi connectivity index (χ1) is 16.2. The molecule has 1 amide bonds. The van der Waals surface area contributed by atoms with Crippen LogP contribution in [-0.2, 0) is 27.8 Å². The summed E-state index contributed by atoms with van der Waals surface area (Å²) < 4.78 is 28.2. The maximum absolute atomic E-state index is 13.5. The third kappa shape index (κ3) is 5.63. The lowest BCUT2D eigenvalue weighted by atomic mass is 9.88. The highest BCUT2D eigenvalue weighted by Crippen LogP contribution is 2.30. The molecule has 1 atom stereocenters. The van der Waals surface area contributed by atoms with E-state index in [9.17, 15) is 13.2 Å². The molecule has 0 heterocycles. The van der Waals surface area contributed by atoms with E-state index >= 15 is 0 Å². The average Bonchev–Trinajstić information content (AvgIpc) is 2.81. The molecule has 4 rings (SSSR count). The smallest absolute Gasteiger partial charge is 0.243 e. The molecule has 1 aliphatic carbocycles. The van der Waals surface area contributed by atoms with Crippen LogP contribution >= 0.6 is 23.2 Å². The molecule has 0 saturated carbocycles. The minimum absolute atomic E-state index is 0.0547. The van der Waals surface area contributed by atoms with Crippen molar-refractivity contribution in [3.8, 4) is 0 Å². The molecule has 0 aromatic heterocycles. The average molecular weight is 517 g/mol. The fraction of sp³-hybridized carbons (Fsp3) is 0.269. The Morgan fingerprint density at radius 3 is 2.53 bits per heavy atom. The summed E-state index contributed by atoms with van der Waals surface area (Å²) >= 11 is 12.3. The van der Waals surface area contributed by atoms with E-state index in [2.05, 4.69) is 11.4 Å². The predicted molar refractivity (Wildman–Crippen MR) is 136 cm³/mol. The van der Waals surface area contributed by atoms with Crippen molar-refractivity contribution in [2.24, 2.45) is 0 Å². The summed E-state index contributed by atoms with van der Waals surface area (Å²) in [6, 6.07) is 19.4. The molecule has 3 aromatic carbocycles. The lowest BCUT2D eigenvalue weighted by Gasteiger charge is -2.28. The first kappa shape index (κ1) is 24.7. The molecule has 178 valence electrons. The van der Waals surface area contributed by atoms with Crippen molar-refractivity contribution in [3.63, 3.8) is 0 Å². The van der Waals surface area contributed by atoms with Gasteiger partial charge in [0.2, 0.25) is 15.9 Å². The minimum Gasteiger partial charge on any atom is -0.348 e. The Kier molecular flexibility index (Phi) is 7.63. The van der Waals surface area contributed by atoms with Crippen LogP contribution in [0.1, 0.15) is 41.1 Å². The molecular weight excluding hydrogens is 491 g/mol. The molecule has 0 spiro atoms. The Hall–Kier alpha value is -2.38. The summed E-state index contributed by atoms with van der Waals surface area (Å²) in [7, 11) is -3.96. The predicted octanol–water partition coefficient (Wildman–Crippen LogP) is 5.69. The summed E-state index contributed by atoms with van der Waals surface area (Å²) in [5.74, 6) is -0.359. The van der Waals surface area contributed by atoms with Crippen LogP contribution in [0, 0.1) is 6.92 Å². The van der Waals surface area contributed by atoms with Gasteiger partial charge in [0.25, 0.3) is 0 Å². The molecular formula is C26H26Cl2N2O3S. The van der Waals surface area contributed by atoms with E-state index in [1.165, 1.54) is 5.56 Å². The molecule has 1 unspecified atom stereocenters. The van der Waals surface area contributed by atoms with Gasteiger partial charge in [-0.15, -0.1) is 0 Å². The number of carbonyl (C=O) groups is 1. The number of halogens is 2. The monoisotopic (exact) mass is 516 g/mol.